The van der Waals surface area contributed by atoms with E-state index < -0.39 is 0 Å². The summed E-state index contributed by atoms with van der Waals surface area (Å²) >= 11 is 0. The van der Waals surface area contributed by atoms with Gasteiger partial charge in [0.05, 0.1) is 0 Å². The minimum atomic E-state index is 0.171. The van der Waals surface area contributed by atoms with E-state index in [0.717, 1.165) is 58.4 Å². The maximum atomic E-state index is 12.6. The molecule has 120 valence electrons. The van der Waals surface area contributed by atoms with Crippen molar-refractivity contribution in [1.29, 1.82) is 0 Å². The standard InChI is InChI=1S/C18H27N3O/c19-17-8-4-7-16(13-17)18(22)21-11-9-20(10-12-21)14-15-5-2-1-3-6-15/h1-3,5-6,16-17H,4,7-14,19H2. The second kappa shape index (κ2) is 7.25. The lowest BCUT2D eigenvalue weighted by Crippen LogP contribution is -2.50. The molecule has 1 heterocycles. The van der Waals surface area contributed by atoms with Gasteiger partial charge in [0.2, 0.25) is 5.91 Å². The van der Waals surface area contributed by atoms with Crippen molar-refractivity contribution in [3.05, 3.63) is 35.9 Å². The predicted molar refractivity (Wildman–Crippen MR) is 88.2 cm³/mol. The van der Waals surface area contributed by atoms with E-state index in [-0.39, 0.29) is 12.0 Å². The number of carbonyl (C=O) groups excluding carboxylic acids is 1. The average molecular weight is 301 g/mol. The Morgan fingerprint density at radius 1 is 1.09 bits per heavy atom. The minimum absolute atomic E-state index is 0.171. The molecule has 0 bridgehead atoms. The van der Waals surface area contributed by atoms with Crippen molar-refractivity contribution in [2.24, 2.45) is 11.7 Å². The number of hydrogen-bond donors (Lipinski definition) is 1. The highest BCUT2D eigenvalue weighted by atomic mass is 16.2. The van der Waals surface area contributed by atoms with Crippen molar-refractivity contribution in [3.63, 3.8) is 0 Å². The topological polar surface area (TPSA) is 49.6 Å². The van der Waals surface area contributed by atoms with Gasteiger partial charge in [0.1, 0.15) is 0 Å². The fourth-order valence-corrected chi connectivity index (χ4v) is 3.68. The van der Waals surface area contributed by atoms with Crippen LogP contribution in [0.2, 0.25) is 0 Å². The van der Waals surface area contributed by atoms with Gasteiger partial charge in [-0.2, -0.15) is 0 Å². The van der Waals surface area contributed by atoms with E-state index in [1.807, 2.05) is 0 Å². The van der Waals surface area contributed by atoms with Crippen LogP contribution in [0.1, 0.15) is 31.2 Å². The lowest BCUT2D eigenvalue weighted by Gasteiger charge is -2.37. The molecule has 1 aliphatic carbocycles. The van der Waals surface area contributed by atoms with Crippen LogP contribution in [0.3, 0.4) is 0 Å². The Hall–Kier alpha value is -1.39. The highest BCUT2D eigenvalue weighted by Gasteiger charge is 2.30. The van der Waals surface area contributed by atoms with Crippen LogP contribution in [-0.2, 0) is 11.3 Å². The van der Waals surface area contributed by atoms with Crippen LogP contribution < -0.4 is 5.73 Å². The maximum Gasteiger partial charge on any atom is 0.225 e. The normalized spacial score (nSPS) is 26.9. The maximum absolute atomic E-state index is 12.6. The number of amides is 1. The van der Waals surface area contributed by atoms with E-state index in [2.05, 4.69) is 40.1 Å². The van der Waals surface area contributed by atoms with Crippen molar-refractivity contribution in [3.8, 4) is 0 Å². The molecule has 0 aromatic heterocycles. The Morgan fingerprint density at radius 3 is 2.50 bits per heavy atom. The summed E-state index contributed by atoms with van der Waals surface area (Å²) in [4.78, 5) is 17.1. The Morgan fingerprint density at radius 2 is 1.82 bits per heavy atom. The third-order valence-corrected chi connectivity index (χ3v) is 5.00. The van der Waals surface area contributed by atoms with Gasteiger partial charge in [-0.3, -0.25) is 9.69 Å². The van der Waals surface area contributed by atoms with Crippen molar-refractivity contribution in [2.45, 2.75) is 38.3 Å². The molecule has 4 nitrogen and oxygen atoms in total. The van der Waals surface area contributed by atoms with E-state index in [1.165, 1.54) is 5.56 Å². The Bertz CT molecular complexity index is 482. The molecule has 0 radical (unpaired) electrons. The number of benzene rings is 1. The van der Waals surface area contributed by atoms with E-state index in [4.69, 9.17) is 5.73 Å². The number of piperazine rings is 1. The summed E-state index contributed by atoms with van der Waals surface area (Å²) in [5.74, 6) is 0.513. The second-order valence-electron chi connectivity index (χ2n) is 6.71. The van der Waals surface area contributed by atoms with Gasteiger partial charge >= 0.3 is 0 Å². The van der Waals surface area contributed by atoms with E-state index in [1.54, 1.807) is 0 Å². The summed E-state index contributed by atoms with van der Waals surface area (Å²) in [7, 11) is 0. The minimum Gasteiger partial charge on any atom is -0.340 e. The first kappa shape index (κ1) is 15.5. The molecule has 3 rings (SSSR count). The summed E-state index contributed by atoms with van der Waals surface area (Å²) < 4.78 is 0. The first-order chi connectivity index (χ1) is 10.7. The molecule has 2 atom stereocenters. The van der Waals surface area contributed by atoms with Crippen molar-refractivity contribution >= 4 is 5.91 Å². The molecule has 1 aromatic carbocycles. The van der Waals surface area contributed by atoms with Crippen LogP contribution in [-0.4, -0.2) is 47.9 Å². The van der Waals surface area contributed by atoms with E-state index in [9.17, 15) is 4.79 Å². The molecule has 1 aromatic rings. The van der Waals surface area contributed by atoms with Crippen LogP contribution in [0.5, 0.6) is 0 Å². The molecule has 1 amide bonds. The molecule has 0 spiro atoms. The van der Waals surface area contributed by atoms with Gasteiger partial charge in [-0.25, -0.2) is 0 Å². The lowest BCUT2D eigenvalue weighted by atomic mass is 9.85. The first-order valence-corrected chi connectivity index (χ1v) is 8.53. The van der Waals surface area contributed by atoms with Gasteiger partial charge in [0.15, 0.2) is 0 Å². The summed E-state index contributed by atoms with van der Waals surface area (Å²) in [5.41, 5.74) is 7.37. The number of rotatable bonds is 3. The highest BCUT2D eigenvalue weighted by Crippen LogP contribution is 2.25. The number of carbonyl (C=O) groups is 1. The van der Waals surface area contributed by atoms with Gasteiger partial charge in [-0.05, 0) is 24.8 Å². The van der Waals surface area contributed by atoms with E-state index >= 15 is 0 Å². The second-order valence-corrected chi connectivity index (χ2v) is 6.71. The molecule has 22 heavy (non-hydrogen) atoms. The molecule has 1 saturated carbocycles. The average Bonchev–Trinajstić information content (AvgIpc) is 2.56. The Labute approximate surface area is 133 Å². The quantitative estimate of drug-likeness (QED) is 0.927. The van der Waals surface area contributed by atoms with Crippen molar-refractivity contribution in [1.82, 2.24) is 9.80 Å². The van der Waals surface area contributed by atoms with Gasteiger partial charge in [-0.1, -0.05) is 36.8 Å². The zero-order valence-corrected chi connectivity index (χ0v) is 13.3. The SMILES string of the molecule is NC1CCCC(C(=O)N2CCN(Cc3ccccc3)CC2)C1. The lowest BCUT2D eigenvalue weighted by molar-refractivity contribution is -0.138. The summed E-state index contributed by atoms with van der Waals surface area (Å²) in [6.45, 7) is 4.64. The van der Waals surface area contributed by atoms with Crippen molar-refractivity contribution < 1.29 is 4.79 Å². The predicted octanol–water partition coefficient (Wildman–Crippen LogP) is 1.85. The molecule has 2 aliphatic rings. The monoisotopic (exact) mass is 301 g/mol. The van der Waals surface area contributed by atoms with Gasteiger partial charge < -0.3 is 10.6 Å². The largest absolute Gasteiger partial charge is 0.340 e. The highest BCUT2D eigenvalue weighted by molar-refractivity contribution is 5.79. The Kier molecular flexibility index (Phi) is 5.11. The van der Waals surface area contributed by atoms with Crippen LogP contribution in [0.4, 0.5) is 0 Å². The Balaban J connectivity index is 1.48. The molecular weight excluding hydrogens is 274 g/mol. The molecule has 2 N–H and O–H groups in total. The van der Waals surface area contributed by atoms with Crippen LogP contribution in [0.15, 0.2) is 30.3 Å². The smallest absolute Gasteiger partial charge is 0.225 e. The van der Waals surface area contributed by atoms with Crippen LogP contribution >= 0.6 is 0 Å². The van der Waals surface area contributed by atoms with Crippen LogP contribution in [0.25, 0.3) is 0 Å². The van der Waals surface area contributed by atoms with Crippen molar-refractivity contribution in [2.75, 3.05) is 26.2 Å². The summed E-state index contributed by atoms with van der Waals surface area (Å²) in [6.07, 6.45) is 4.08. The fourth-order valence-electron chi connectivity index (χ4n) is 3.68. The molecule has 2 fully saturated rings. The third-order valence-electron chi connectivity index (χ3n) is 5.00. The molecule has 1 saturated heterocycles. The fraction of sp³-hybridized carbons (Fsp3) is 0.611. The van der Waals surface area contributed by atoms with Gasteiger partial charge in [0.25, 0.3) is 0 Å². The zero-order valence-electron chi connectivity index (χ0n) is 13.3. The molecular formula is C18H27N3O. The zero-order chi connectivity index (χ0) is 15.4. The van der Waals surface area contributed by atoms with Gasteiger partial charge in [-0.15, -0.1) is 0 Å². The van der Waals surface area contributed by atoms with Crippen LogP contribution in [0, 0.1) is 5.92 Å². The third kappa shape index (κ3) is 3.87. The summed E-state index contributed by atoms with van der Waals surface area (Å²) in [6, 6.07) is 10.8. The van der Waals surface area contributed by atoms with Gasteiger partial charge in [0, 0.05) is 44.7 Å². The molecule has 2 unspecified atom stereocenters. The number of nitrogens with two attached hydrogens (primary N) is 1. The number of hydrogen-bond acceptors (Lipinski definition) is 3. The first-order valence-electron chi connectivity index (χ1n) is 8.53. The van der Waals surface area contributed by atoms with E-state index in [0.29, 0.717) is 5.91 Å². The molecule has 4 heteroatoms. The molecule has 1 aliphatic heterocycles. The summed E-state index contributed by atoms with van der Waals surface area (Å²) in [5, 5.41) is 0. The number of nitrogens with zero attached hydrogens (tertiary/aromatic N) is 2.